The predicted molar refractivity (Wildman–Crippen MR) is 109 cm³/mol. The fourth-order valence-electron chi connectivity index (χ4n) is 6.06. The van der Waals surface area contributed by atoms with Crippen molar-refractivity contribution in [3.8, 4) is 0 Å². The molecule has 2 bridgehead atoms. The summed E-state index contributed by atoms with van der Waals surface area (Å²) in [6.45, 7) is 0. The Morgan fingerprint density at radius 2 is 1.66 bits per heavy atom. The first-order valence-electron chi connectivity index (χ1n) is 10.3. The molecule has 0 aromatic heterocycles. The number of fused-ring (bicyclic) bond motifs is 8. The first kappa shape index (κ1) is 19.8. The molecule has 4 aliphatic rings. The van der Waals surface area contributed by atoms with Crippen molar-refractivity contribution >= 4 is 34.8 Å². The molecule has 9 heteroatoms. The largest absolute Gasteiger partial charge is 0.416 e. The lowest BCUT2D eigenvalue weighted by molar-refractivity contribution is -0.137. The number of anilines is 1. The molecule has 0 spiro atoms. The third-order valence-corrected chi connectivity index (χ3v) is 7.51. The summed E-state index contributed by atoms with van der Waals surface area (Å²) < 4.78 is 39.5. The number of hydrogen-bond acceptors (Lipinski definition) is 4. The monoisotopic (exact) mass is 460 g/mol. The number of carbonyl (C=O) groups excluding carboxylic acids is 2. The minimum Gasteiger partial charge on any atom is -0.391 e. The van der Waals surface area contributed by atoms with E-state index in [9.17, 15) is 22.8 Å². The molecule has 164 valence electrons. The van der Waals surface area contributed by atoms with Gasteiger partial charge in [0.15, 0.2) is 0 Å². The summed E-state index contributed by atoms with van der Waals surface area (Å²) >= 11 is 5.99. The number of rotatable bonds is 2. The Hall–Kier alpha value is -2.87. The smallest absolute Gasteiger partial charge is 0.391 e. The summed E-state index contributed by atoms with van der Waals surface area (Å²) in [5.74, 6) is -2.55. The summed E-state index contributed by atoms with van der Waals surface area (Å²) in [5, 5.41) is 4.86. The van der Waals surface area contributed by atoms with Crippen LogP contribution in [-0.2, 0) is 20.6 Å². The molecule has 2 aliphatic heterocycles. The topological polar surface area (TPSA) is 59.0 Å². The van der Waals surface area contributed by atoms with Crippen molar-refractivity contribution < 1.29 is 27.6 Å². The maximum absolute atomic E-state index is 13.4. The summed E-state index contributed by atoms with van der Waals surface area (Å²) in [5.41, 5.74) is 0.641. The number of oxime groups is 1. The zero-order valence-electron chi connectivity index (χ0n) is 16.4. The maximum atomic E-state index is 13.4. The van der Waals surface area contributed by atoms with E-state index < -0.39 is 35.4 Å². The van der Waals surface area contributed by atoms with Gasteiger partial charge in [-0.25, -0.2) is 0 Å². The standard InChI is InChI=1S/C23H16ClF3N2O3/c24-12-6-4-10(5-7-12)19-18-14-9-15(20(18)32-28-19)17-16(14)21(30)29(22(17)31)13-3-1-2-11(8-13)23(25,26)27/h1-8,14-18,20H,9H2/t14-,15+,16+,17-,18+,20+/m0/s1. The zero-order valence-corrected chi connectivity index (χ0v) is 17.2. The fraction of sp³-hybridized carbons (Fsp3) is 0.348. The number of benzene rings is 2. The fourth-order valence-corrected chi connectivity index (χ4v) is 6.19. The number of halogens is 4. The van der Waals surface area contributed by atoms with Gasteiger partial charge >= 0.3 is 6.18 Å². The zero-order chi connectivity index (χ0) is 22.4. The number of amides is 2. The Morgan fingerprint density at radius 3 is 2.34 bits per heavy atom. The van der Waals surface area contributed by atoms with Crippen LogP contribution in [0.2, 0.25) is 5.02 Å². The quantitative estimate of drug-likeness (QED) is 0.618. The van der Waals surface area contributed by atoms with Crippen molar-refractivity contribution in [3.63, 3.8) is 0 Å². The lowest BCUT2D eigenvalue weighted by Crippen LogP contribution is -2.41. The lowest BCUT2D eigenvalue weighted by atomic mass is 9.71. The molecular formula is C23H16ClF3N2O3. The van der Waals surface area contributed by atoms with Gasteiger partial charge in [0.05, 0.1) is 28.8 Å². The molecule has 2 heterocycles. The van der Waals surface area contributed by atoms with Crippen LogP contribution in [0.4, 0.5) is 18.9 Å². The minimum absolute atomic E-state index is 0.0405. The normalized spacial score (nSPS) is 32.8. The lowest BCUT2D eigenvalue weighted by Gasteiger charge is -2.29. The Labute approximate surface area is 185 Å². The van der Waals surface area contributed by atoms with Crippen molar-refractivity contribution in [3.05, 3.63) is 64.7 Å². The van der Waals surface area contributed by atoms with Gasteiger partial charge in [-0.05, 0) is 48.2 Å². The average molecular weight is 461 g/mol. The second-order valence-electron chi connectivity index (χ2n) is 8.75. The molecule has 2 aromatic carbocycles. The molecule has 2 saturated carbocycles. The molecule has 0 radical (unpaired) electrons. The Kier molecular flexibility index (Phi) is 4.06. The Bertz CT molecular complexity index is 1180. The van der Waals surface area contributed by atoms with Crippen LogP contribution >= 0.6 is 11.6 Å². The maximum Gasteiger partial charge on any atom is 0.416 e. The first-order chi connectivity index (χ1) is 15.3. The summed E-state index contributed by atoms with van der Waals surface area (Å²) in [6.07, 6.45) is -4.22. The van der Waals surface area contributed by atoms with Crippen LogP contribution in [0.3, 0.4) is 0 Å². The van der Waals surface area contributed by atoms with Gasteiger partial charge in [0.25, 0.3) is 0 Å². The highest BCUT2D eigenvalue weighted by Gasteiger charge is 2.70. The molecule has 5 nitrogen and oxygen atoms in total. The van der Waals surface area contributed by atoms with Gasteiger partial charge in [-0.3, -0.25) is 14.5 Å². The molecule has 2 aliphatic carbocycles. The van der Waals surface area contributed by atoms with Gasteiger partial charge in [-0.15, -0.1) is 0 Å². The van der Waals surface area contributed by atoms with Gasteiger partial charge < -0.3 is 4.84 Å². The third-order valence-electron chi connectivity index (χ3n) is 7.26. The summed E-state index contributed by atoms with van der Waals surface area (Å²) in [4.78, 5) is 33.3. The number of imide groups is 1. The van der Waals surface area contributed by atoms with E-state index in [1.807, 2.05) is 12.1 Å². The third kappa shape index (κ3) is 2.62. The van der Waals surface area contributed by atoms with Crippen molar-refractivity contribution in [2.24, 2.45) is 34.7 Å². The van der Waals surface area contributed by atoms with Crippen molar-refractivity contribution in [1.29, 1.82) is 0 Å². The highest BCUT2D eigenvalue weighted by Crippen LogP contribution is 2.62. The molecule has 32 heavy (non-hydrogen) atoms. The number of alkyl halides is 3. The molecule has 2 aromatic rings. The van der Waals surface area contributed by atoms with Crippen molar-refractivity contribution in [2.75, 3.05) is 4.90 Å². The highest BCUT2D eigenvalue weighted by molar-refractivity contribution is 6.30. The van der Waals surface area contributed by atoms with Gasteiger partial charge in [-0.1, -0.05) is 35.0 Å². The Morgan fingerprint density at radius 1 is 0.969 bits per heavy atom. The average Bonchev–Trinajstić information content (AvgIpc) is 3.48. The molecule has 6 rings (SSSR count). The minimum atomic E-state index is -4.56. The van der Waals surface area contributed by atoms with E-state index in [4.69, 9.17) is 16.4 Å². The molecule has 1 saturated heterocycles. The van der Waals surface area contributed by atoms with Crippen molar-refractivity contribution in [2.45, 2.75) is 18.7 Å². The molecular weight excluding hydrogens is 445 g/mol. The molecule has 0 N–H and O–H groups in total. The van der Waals surface area contributed by atoms with Gasteiger partial charge in [0.1, 0.15) is 6.10 Å². The molecule has 2 amide bonds. The molecule has 3 fully saturated rings. The van der Waals surface area contributed by atoms with Crippen LogP contribution in [-0.4, -0.2) is 23.6 Å². The number of nitrogens with zero attached hydrogens (tertiary/aromatic N) is 2. The Balaban J connectivity index is 1.34. The van der Waals surface area contributed by atoms with Crippen LogP contribution in [0.25, 0.3) is 0 Å². The van der Waals surface area contributed by atoms with E-state index in [0.29, 0.717) is 11.4 Å². The highest BCUT2D eigenvalue weighted by atomic mass is 35.5. The first-order valence-corrected chi connectivity index (χ1v) is 10.7. The van der Waals surface area contributed by atoms with Gasteiger partial charge in [-0.2, -0.15) is 13.2 Å². The van der Waals surface area contributed by atoms with E-state index in [0.717, 1.165) is 28.3 Å². The second-order valence-corrected chi connectivity index (χ2v) is 9.19. The SMILES string of the molecule is O=C1[C@@H]2[C@@H]3C[C@@H]([C@H]4ON=C(c5ccc(Cl)cc5)[C@@H]34)[C@@H]2C(=O)N1c1cccc(C(F)(F)F)c1. The van der Waals surface area contributed by atoms with Gasteiger partial charge in [0, 0.05) is 16.9 Å². The van der Waals surface area contributed by atoms with Crippen LogP contribution in [0, 0.1) is 29.6 Å². The predicted octanol–water partition coefficient (Wildman–Crippen LogP) is 4.53. The van der Waals surface area contributed by atoms with Gasteiger partial charge in [0.2, 0.25) is 11.8 Å². The number of hydrogen-bond donors (Lipinski definition) is 0. The summed E-state index contributed by atoms with van der Waals surface area (Å²) in [7, 11) is 0. The van der Waals surface area contributed by atoms with E-state index >= 15 is 0 Å². The molecule has 6 atom stereocenters. The van der Waals surface area contributed by atoms with Crippen molar-refractivity contribution in [1.82, 2.24) is 0 Å². The van der Waals surface area contributed by atoms with E-state index in [1.165, 1.54) is 12.1 Å². The van der Waals surface area contributed by atoms with E-state index in [-0.39, 0.29) is 29.5 Å². The van der Waals surface area contributed by atoms with E-state index in [2.05, 4.69) is 5.16 Å². The van der Waals surface area contributed by atoms with E-state index in [1.54, 1.807) is 12.1 Å². The van der Waals surface area contributed by atoms with Crippen LogP contribution < -0.4 is 4.90 Å². The van der Waals surface area contributed by atoms with Crippen LogP contribution in [0.1, 0.15) is 17.5 Å². The summed E-state index contributed by atoms with van der Waals surface area (Å²) in [6, 6.07) is 11.5. The van der Waals surface area contributed by atoms with Crippen LogP contribution in [0.15, 0.2) is 53.7 Å². The molecule has 0 unspecified atom stereocenters. The number of carbonyl (C=O) groups is 2. The van der Waals surface area contributed by atoms with Crippen LogP contribution in [0.5, 0.6) is 0 Å². The second kappa shape index (κ2) is 6.57.